The van der Waals surface area contributed by atoms with Crippen molar-refractivity contribution in [2.24, 2.45) is 0 Å². The van der Waals surface area contributed by atoms with E-state index in [2.05, 4.69) is 13.2 Å². The van der Waals surface area contributed by atoms with Crippen LogP contribution in [0.15, 0.2) is 25.3 Å². The van der Waals surface area contributed by atoms with E-state index in [9.17, 15) is 4.57 Å². The molecule has 0 saturated heterocycles. The van der Waals surface area contributed by atoms with Gasteiger partial charge in [0.2, 0.25) is 7.37 Å². The SMILES string of the molecule is C=CCP(=O)(O)CC=C.[H-].[Na+]. The fourth-order valence-corrected chi connectivity index (χ4v) is 1.43. The molecular formula is C6H12NaO2P. The molecule has 1 N–H and O–H groups in total. The Kier molecular flexibility index (Phi) is 8.47. The maximum Gasteiger partial charge on any atom is 1.00 e. The van der Waals surface area contributed by atoms with Crippen molar-refractivity contribution in [1.82, 2.24) is 0 Å². The fraction of sp³-hybridized carbons (Fsp3) is 0.333. The van der Waals surface area contributed by atoms with Crippen LogP contribution < -0.4 is 29.6 Å². The summed E-state index contributed by atoms with van der Waals surface area (Å²) in [7, 11) is -2.93. The Morgan fingerprint density at radius 1 is 1.40 bits per heavy atom. The van der Waals surface area contributed by atoms with Crippen molar-refractivity contribution in [1.29, 1.82) is 0 Å². The monoisotopic (exact) mass is 170 g/mol. The maximum absolute atomic E-state index is 10.8. The molecule has 0 fully saturated rings. The van der Waals surface area contributed by atoms with Crippen LogP contribution in [-0.2, 0) is 4.57 Å². The Morgan fingerprint density at radius 2 is 1.70 bits per heavy atom. The number of rotatable bonds is 4. The predicted molar refractivity (Wildman–Crippen MR) is 41.1 cm³/mol. The third kappa shape index (κ3) is 6.79. The Bertz CT molecular complexity index is 147. The summed E-state index contributed by atoms with van der Waals surface area (Å²) in [5.74, 6) is 0. The van der Waals surface area contributed by atoms with E-state index in [-0.39, 0.29) is 43.3 Å². The Hall–Kier alpha value is 0.670. The van der Waals surface area contributed by atoms with E-state index in [1.54, 1.807) is 0 Å². The Labute approximate surface area is 85.3 Å². The predicted octanol–water partition coefficient (Wildman–Crippen LogP) is -1.25. The molecule has 2 nitrogen and oxygen atoms in total. The first-order valence-corrected chi connectivity index (χ1v) is 4.68. The van der Waals surface area contributed by atoms with Crippen LogP contribution in [-0.4, -0.2) is 17.2 Å². The summed E-state index contributed by atoms with van der Waals surface area (Å²) in [5, 5.41) is 0. The van der Waals surface area contributed by atoms with Crippen molar-refractivity contribution in [3.05, 3.63) is 25.3 Å². The zero-order valence-corrected chi connectivity index (χ0v) is 9.18. The van der Waals surface area contributed by atoms with E-state index in [1.165, 1.54) is 12.2 Å². The summed E-state index contributed by atoms with van der Waals surface area (Å²) >= 11 is 0. The van der Waals surface area contributed by atoms with Gasteiger partial charge in [0.1, 0.15) is 0 Å². The molecule has 0 unspecified atom stereocenters. The van der Waals surface area contributed by atoms with Crippen molar-refractivity contribution in [2.75, 3.05) is 12.3 Å². The summed E-state index contributed by atoms with van der Waals surface area (Å²) in [6.07, 6.45) is 3.26. The van der Waals surface area contributed by atoms with Gasteiger partial charge in [0, 0.05) is 12.3 Å². The van der Waals surface area contributed by atoms with Crippen molar-refractivity contribution >= 4 is 7.37 Å². The van der Waals surface area contributed by atoms with Gasteiger partial charge < -0.3 is 6.32 Å². The molecule has 0 rings (SSSR count). The summed E-state index contributed by atoms with van der Waals surface area (Å²) in [5.41, 5.74) is 0. The van der Waals surface area contributed by atoms with Gasteiger partial charge in [0.15, 0.2) is 0 Å². The van der Waals surface area contributed by atoms with Crippen LogP contribution in [0, 0.1) is 0 Å². The first-order chi connectivity index (χ1) is 4.12. The number of allylic oxidation sites excluding steroid dienone is 2. The third-order valence-electron chi connectivity index (χ3n) is 0.829. The molecule has 0 heterocycles. The molecule has 4 heteroatoms. The standard InChI is InChI=1S/C6H11O2P.Na.H/c1-3-5-9(7,8)6-4-2;;/h3-4H,1-2,5-6H2,(H,7,8);;/q;+1;-1. The smallest absolute Gasteiger partial charge is 1.00 e. The molecule has 54 valence electrons. The molecule has 0 amide bonds. The second-order valence-corrected chi connectivity index (χ2v) is 4.21. The first-order valence-electron chi connectivity index (χ1n) is 2.65. The zero-order valence-electron chi connectivity index (χ0n) is 7.29. The van der Waals surface area contributed by atoms with E-state index in [1.807, 2.05) is 0 Å². The van der Waals surface area contributed by atoms with Crippen LogP contribution in [0.5, 0.6) is 0 Å². The second-order valence-electron chi connectivity index (χ2n) is 1.79. The van der Waals surface area contributed by atoms with E-state index in [0.717, 1.165) is 0 Å². The van der Waals surface area contributed by atoms with E-state index >= 15 is 0 Å². The molecule has 0 radical (unpaired) electrons. The second kappa shape index (κ2) is 6.38. The molecule has 10 heavy (non-hydrogen) atoms. The van der Waals surface area contributed by atoms with Crippen LogP contribution in [0.4, 0.5) is 0 Å². The van der Waals surface area contributed by atoms with Gasteiger partial charge in [0.05, 0.1) is 0 Å². The minimum atomic E-state index is -2.93. The summed E-state index contributed by atoms with van der Waals surface area (Å²) in [6, 6.07) is 0. The summed E-state index contributed by atoms with van der Waals surface area (Å²) < 4.78 is 10.8. The Balaban J connectivity index is -0.000000320. The molecule has 0 aliphatic carbocycles. The van der Waals surface area contributed by atoms with Crippen molar-refractivity contribution < 1.29 is 40.4 Å². The van der Waals surface area contributed by atoms with Crippen LogP contribution in [0.3, 0.4) is 0 Å². The minimum Gasteiger partial charge on any atom is -1.00 e. The molecular weight excluding hydrogens is 158 g/mol. The molecule has 0 atom stereocenters. The summed E-state index contributed by atoms with van der Waals surface area (Å²) in [4.78, 5) is 8.93. The van der Waals surface area contributed by atoms with Gasteiger partial charge in [-0.3, -0.25) is 4.57 Å². The van der Waals surface area contributed by atoms with Crippen molar-refractivity contribution in [2.45, 2.75) is 0 Å². The molecule has 0 bridgehead atoms. The Morgan fingerprint density at radius 3 is 1.90 bits per heavy atom. The van der Waals surface area contributed by atoms with Crippen LogP contribution in [0.2, 0.25) is 0 Å². The number of hydrogen-bond donors (Lipinski definition) is 1. The zero-order chi connectivity index (χ0) is 7.33. The van der Waals surface area contributed by atoms with Gasteiger partial charge in [-0.1, -0.05) is 12.2 Å². The minimum absolute atomic E-state index is 0. The van der Waals surface area contributed by atoms with Gasteiger partial charge in [-0.25, -0.2) is 0 Å². The quantitative estimate of drug-likeness (QED) is 0.325. The molecule has 0 aromatic heterocycles. The number of hydrogen-bond acceptors (Lipinski definition) is 1. The van der Waals surface area contributed by atoms with Crippen LogP contribution in [0.25, 0.3) is 0 Å². The van der Waals surface area contributed by atoms with E-state index < -0.39 is 7.37 Å². The van der Waals surface area contributed by atoms with Crippen molar-refractivity contribution in [3.63, 3.8) is 0 Å². The third-order valence-corrected chi connectivity index (χ3v) is 2.49. The molecule has 0 aliphatic heterocycles. The molecule has 0 saturated carbocycles. The van der Waals surface area contributed by atoms with E-state index in [0.29, 0.717) is 0 Å². The maximum atomic E-state index is 10.8. The molecule has 0 aromatic carbocycles. The van der Waals surface area contributed by atoms with E-state index in [4.69, 9.17) is 4.89 Å². The van der Waals surface area contributed by atoms with Gasteiger partial charge in [-0.15, -0.1) is 13.2 Å². The fourth-order valence-electron chi connectivity index (χ4n) is 0.478. The molecule has 0 aliphatic rings. The van der Waals surface area contributed by atoms with Gasteiger partial charge in [0.25, 0.3) is 0 Å². The van der Waals surface area contributed by atoms with Crippen LogP contribution in [0.1, 0.15) is 1.43 Å². The molecule has 0 aromatic rings. The first kappa shape index (κ1) is 13.3. The average molecular weight is 170 g/mol. The van der Waals surface area contributed by atoms with Gasteiger partial charge in [-0.2, -0.15) is 0 Å². The average Bonchev–Trinajstić information content (AvgIpc) is 1.64. The van der Waals surface area contributed by atoms with Gasteiger partial charge in [-0.05, 0) is 0 Å². The largest absolute Gasteiger partial charge is 1.00 e. The molecule has 0 spiro atoms. The summed E-state index contributed by atoms with van der Waals surface area (Å²) in [6.45, 7) is 6.72. The van der Waals surface area contributed by atoms with Gasteiger partial charge >= 0.3 is 29.6 Å². The topological polar surface area (TPSA) is 37.3 Å². The van der Waals surface area contributed by atoms with Crippen molar-refractivity contribution in [3.8, 4) is 0 Å². The normalized spacial score (nSPS) is 9.70. The van der Waals surface area contributed by atoms with Crippen LogP contribution >= 0.6 is 7.37 Å².